The molecule has 0 N–H and O–H groups in total. The zero-order valence-corrected chi connectivity index (χ0v) is 16.9. The van der Waals surface area contributed by atoms with Crippen molar-refractivity contribution in [1.29, 1.82) is 0 Å². The number of benzene rings is 1. The van der Waals surface area contributed by atoms with E-state index in [-0.39, 0.29) is 5.91 Å². The summed E-state index contributed by atoms with van der Waals surface area (Å²) in [5.41, 5.74) is 0.986. The molecule has 1 aliphatic rings. The van der Waals surface area contributed by atoms with Gasteiger partial charge in [0.05, 0.1) is 28.6 Å². The molecule has 1 fully saturated rings. The van der Waals surface area contributed by atoms with E-state index in [0.29, 0.717) is 18.3 Å². The third-order valence-electron chi connectivity index (χ3n) is 4.84. The van der Waals surface area contributed by atoms with Crippen molar-refractivity contribution >= 4 is 39.2 Å². The Morgan fingerprint density at radius 1 is 1.30 bits per heavy atom. The van der Waals surface area contributed by atoms with Crippen LogP contribution in [0.2, 0.25) is 0 Å². The Kier molecular flexibility index (Phi) is 5.68. The average molecular weight is 403 g/mol. The Morgan fingerprint density at radius 3 is 2.93 bits per heavy atom. The van der Waals surface area contributed by atoms with E-state index in [0.717, 1.165) is 33.2 Å². The van der Waals surface area contributed by atoms with Crippen LogP contribution in [0.25, 0.3) is 10.2 Å². The summed E-state index contributed by atoms with van der Waals surface area (Å²) >= 11 is 3.05. The number of hydrogen-bond donors (Lipinski definition) is 0. The van der Waals surface area contributed by atoms with Crippen LogP contribution < -0.4 is 0 Å². The number of tetrazole rings is 1. The molecule has 1 saturated carbocycles. The first-order valence-electron chi connectivity index (χ1n) is 9.20. The SMILES string of the molecule is CN(Cc1nc2ccccc2s1)C(=O)CSc1nnnn1C1CCCCC1. The topological polar surface area (TPSA) is 76.8 Å². The fourth-order valence-corrected chi connectivity index (χ4v) is 5.26. The third-order valence-corrected chi connectivity index (χ3v) is 6.78. The molecule has 7 nitrogen and oxygen atoms in total. The summed E-state index contributed by atoms with van der Waals surface area (Å²) in [6.45, 7) is 0.520. The van der Waals surface area contributed by atoms with Crippen molar-refractivity contribution in [3.05, 3.63) is 29.3 Å². The fraction of sp³-hybridized carbons (Fsp3) is 0.500. The van der Waals surface area contributed by atoms with Gasteiger partial charge in [-0.1, -0.05) is 43.2 Å². The van der Waals surface area contributed by atoms with Crippen LogP contribution in [0.4, 0.5) is 0 Å². The van der Waals surface area contributed by atoms with Crippen molar-refractivity contribution in [2.75, 3.05) is 12.8 Å². The maximum atomic E-state index is 12.5. The highest BCUT2D eigenvalue weighted by Crippen LogP contribution is 2.30. The summed E-state index contributed by atoms with van der Waals surface area (Å²) in [7, 11) is 1.82. The minimum absolute atomic E-state index is 0.0532. The minimum atomic E-state index is 0.0532. The van der Waals surface area contributed by atoms with Gasteiger partial charge in [-0.15, -0.1) is 16.4 Å². The number of rotatable bonds is 6. The molecule has 0 spiro atoms. The number of thiazole rings is 1. The van der Waals surface area contributed by atoms with E-state index in [4.69, 9.17) is 0 Å². The van der Waals surface area contributed by atoms with Gasteiger partial charge in [0, 0.05) is 7.05 Å². The van der Waals surface area contributed by atoms with Crippen LogP contribution in [-0.2, 0) is 11.3 Å². The number of para-hydroxylation sites is 1. The number of amides is 1. The first-order valence-corrected chi connectivity index (χ1v) is 11.0. The highest BCUT2D eigenvalue weighted by Gasteiger charge is 2.21. The molecule has 2 heterocycles. The standard InChI is InChI=1S/C18H22N6OS2/c1-23(11-16-19-14-9-5-6-10-15(14)27-16)17(25)12-26-18-20-21-22-24(18)13-7-3-2-4-8-13/h5-6,9-10,13H,2-4,7-8,11-12H2,1H3. The van der Waals surface area contributed by atoms with Crippen LogP contribution in [0.15, 0.2) is 29.4 Å². The average Bonchev–Trinajstić information content (AvgIpc) is 3.32. The largest absolute Gasteiger partial charge is 0.338 e. The van der Waals surface area contributed by atoms with Crippen LogP contribution in [0.5, 0.6) is 0 Å². The van der Waals surface area contributed by atoms with Crippen molar-refractivity contribution in [2.24, 2.45) is 0 Å². The molecule has 1 amide bonds. The quantitative estimate of drug-likeness (QED) is 0.587. The van der Waals surface area contributed by atoms with Crippen LogP contribution >= 0.6 is 23.1 Å². The summed E-state index contributed by atoms with van der Waals surface area (Å²) in [6.07, 6.45) is 5.96. The molecular weight excluding hydrogens is 380 g/mol. The number of fused-ring (bicyclic) bond motifs is 1. The molecule has 0 radical (unpaired) electrons. The molecular formula is C18H22N6OS2. The lowest BCUT2D eigenvalue weighted by Crippen LogP contribution is -2.28. The summed E-state index contributed by atoms with van der Waals surface area (Å²) in [5.74, 6) is 0.381. The van der Waals surface area contributed by atoms with Crippen LogP contribution in [0.3, 0.4) is 0 Å². The second kappa shape index (κ2) is 8.35. The van der Waals surface area contributed by atoms with E-state index in [1.54, 1.807) is 16.2 Å². The third kappa shape index (κ3) is 4.30. The maximum absolute atomic E-state index is 12.5. The van der Waals surface area contributed by atoms with Gasteiger partial charge in [0.1, 0.15) is 5.01 Å². The first-order chi connectivity index (χ1) is 13.2. The Morgan fingerprint density at radius 2 is 2.11 bits per heavy atom. The van der Waals surface area contributed by atoms with Crippen molar-refractivity contribution in [1.82, 2.24) is 30.1 Å². The summed E-state index contributed by atoms with van der Waals surface area (Å²) in [6, 6.07) is 8.41. The second-order valence-corrected chi connectivity index (χ2v) is 8.87. The lowest BCUT2D eigenvalue weighted by atomic mass is 9.96. The molecule has 1 aliphatic carbocycles. The van der Waals surface area contributed by atoms with Gasteiger partial charge >= 0.3 is 0 Å². The van der Waals surface area contributed by atoms with E-state index in [9.17, 15) is 4.79 Å². The number of hydrogen-bond acceptors (Lipinski definition) is 7. The predicted molar refractivity (Wildman–Crippen MR) is 107 cm³/mol. The van der Waals surface area contributed by atoms with E-state index < -0.39 is 0 Å². The van der Waals surface area contributed by atoms with Crippen LogP contribution in [0, 0.1) is 0 Å². The van der Waals surface area contributed by atoms with E-state index in [1.807, 2.05) is 29.9 Å². The Balaban J connectivity index is 1.34. The monoisotopic (exact) mass is 402 g/mol. The lowest BCUT2D eigenvalue weighted by Gasteiger charge is -2.22. The molecule has 0 atom stereocenters. The fourth-order valence-electron chi connectivity index (χ4n) is 3.35. The zero-order chi connectivity index (χ0) is 18.6. The smallest absolute Gasteiger partial charge is 0.233 e. The van der Waals surface area contributed by atoms with Gasteiger partial charge in [-0.2, -0.15) is 0 Å². The maximum Gasteiger partial charge on any atom is 0.233 e. The number of aromatic nitrogens is 5. The molecule has 2 aromatic heterocycles. The van der Waals surface area contributed by atoms with Crippen molar-refractivity contribution < 1.29 is 4.79 Å². The highest BCUT2D eigenvalue weighted by atomic mass is 32.2. The summed E-state index contributed by atoms with van der Waals surface area (Å²) in [4.78, 5) is 18.9. The van der Waals surface area contributed by atoms with Gasteiger partial charge in [-0.25, -0.2) is 9.67 Å². The lowest BCUT2D eigenvalue weighted by molar-refractivity contribution is -0.127. The zero-order valence-electron chi connectivity index (χ0n) is 15.2. The van der Waals surface area contributed by atoms with Crippen molar-refractivity contribution in [2.45, 2.75) is 49.8 Å². The van der Waals surface area contributed by atoms with Gasteiger partial charge in [0.2, 0.25) is 11.1 Å². The van der Waals surface area contributed by atoms with Gasteiger partial charge in [0.15, 0.2) is 0 Å². The molecule has 1 aromatic carbocycles. The molecule has 0 unspecified atom stereocenters. The Labute approximate surface area is 166 Å². The minimum Gasteiger partial charge on any atom is -0.338 e. The van der Waals surface area contributed by atoms with E-state index in [2.05, 4.69) is 26.6 Å². The molecule has 27 heavy (non-hydrogen) atoms. The van der Waals surface area contributed by atoms with Gasteiger partial charge in [-0.3, -0.25) is 4.79 Å². The molecule has 9 heteroatoms. The molecule has 0 aliphatic heterocycles. The molecule has 0 saturated heterocycles. The molecule has 0 bridgehead atoms. The molecule has 4 rings (SSSR count). The molecule has 3 aromatic rings. The first kappa shape index (κ1) is 18.4. The second-order valence-electron chi connectivity index (χ2n) is 6.81. The van der Waals surface area contributed by atoms with Gasteiger partial charge in [-0.05, 0) is 35.4 Å². The Bertz CT molecular complexity index is 884. The van der Waals surface area contributed by atoms with E-state index >= 15 is 0 Å². The molecule has 142 valence electrons. The van der Waals surface area contributed by atoms with Crippen LogP contribution in [-0.4, -0.2) is 48.8 Å². The highest BCUT2D eigenvalue weighted by molar-refractivity contribution is 7.99. The number of carbonyl (C=O) groups is 1. The normalized spacial score (nSPS) is 15.3. The van der Waals surface area contributed by atoms with Gasteiger partial charge in [0.25, 0.3) is 0 Å². The van der Waals surface area contributed by atoms with Crippen molar-refractivity contribution in [3.8, 4) is 0 Å². The van der Waals surface area contributed by atoms with E-state index in [1.165, 1.54) is 31.0 Å². The van der Waals surface area contributed by atoms with Crippen molar-refractivity contribution in [3.63, 3.8) is 0 Å². The number of carbonyl (C=O) groups excluding carboxylic acids is 1. The predicted octanol–water partition coefficient (Wildman–Crippen LogP) is 3.54. The summed E-state index contributed by atoms with van der Waals surface area (Å²) in [5, 5.41) is 13.8. The van der Waals surface area contributed by atoms with Crippen LogP contribution in [0.1, 0.15) is 43.2 Å². The number of nitrogens with zero attached hydrogens (tertiary/aromatic N) is 6. The summed E-state index contributed by atoms with van der Waals surface area (Å²) < 4.78 is 3.05. The Hall–Kier alpha value is -2.00. The number of thioether (sulfide) groups is 1. The van der Waals surface area contributed by atoms with Gasteiger partial charge < -0.3 is 4.90 Å².